The number of carbonyl (C=O) groups excluding carboxylic acids is 4. The van der Waals surface area contributed by atoms with Gasteiger partial charge in [0.25, 0.3) is 11.8 Å². The van der Waals surface area contributed by atoms with E-state index in [0.717, 1.165) is 10.6 Å². The Balaban J connectivity index is 1.43. The first-order valence-corrected chi connectivity index (χ1v) is 13.5. The number of carboxylic acid groups (broad SMARTS) is 1. The summed E-state index contributed by atoms with van der Waals surface area (Å²) in [7, 11) is 0. The molecule has 0 aromatic heterocycles. The Morgan fingerprint density at radius 1 is 1.05 bits per heavy atom. The minimum atomic E-state index is -1.17. The molecule has 4 rings (SSSR count). The van der Waals surface area contributed by atoms with E-state index in [1.807, 2.05) is 30.3 Å². The van der Waals surface area contributed by atoms with Crippen molar-refractivity contribution in [1.29, 1.82) is 0 Å². The fourth-order valence-corrected chi connectivity index (χ4v) is 4.82. The van der Waals surface area contributed by atoms with Gasteiger partial charge in [-0.25, -0.2) is 5.01 Å². The number of carbonyl (C=O) groups is 5. The quantitative estimate of drug-likeness (QED) is 0.212. The summed E-state index contributed by atoms with van der Waals surface area (Å²) in [5.74, 6) is -3.17. The molecule has 12 nitrogen and oxygen atoms in total. The van der Waals surface area contributed by atoms with Gasteiger partial charge in [0, 0.05) is 24.9 Å². The third-order valence-corrected chi connectivity index (χ3v) is 6.87. The van der Waals surface area contributed by atoms with Crippen LogP contribution in [0.4, 0.5) is 0 Å². The minimum absolute atomic E-state index is 0.0188. The Hall–Kier alpha value is -4.74. The smallest absolute Gasteiger partial charge is 0.305 e. The fraction of sp³-hybridized carbons (Fsp3) is 0.379. The number of carboxylic acids is 1. The first-order chi connectivity index (χ1) is 19.8. The van der Waals surface area contributed by atoms with E-state index in [9.17, 15) is 29.1 Å². The van der Waals surface area contributed by atoms with Gasteiger partial charge in [-0.2, -0.15) is 0 Å². The molecule has 2 fully saturated rings. The van der Waals surface area contributed by atoms with E-state index in [0.29, 0.717) is 18.4 Å². The molecule has 12 heteroatoms. The van der Waals surface area contributed by atoms with Crippen LogP contribution in [0.25, 0.3) is 0 Å². The maximum absolute atomic E-state index is 13.6. The van der Waals surface area contributed by atoms with Gasteiger partial charge in [0.1, 0.15) is 18.7 Å². The van der Waals surface area contributed by atoms with Crippen molar-refractivity contribution in [2.75, 3.05) is 13.2 Å². The lowest BCUT2D eigenvalue weighted by Crippen LogP contribution is -2.64. The third-order valence-electron chi connectivity index (χ3n) is 6.87. The molecule has 0 spiro atoms. The monoisotopic (exact) mass is 563 g/mol. The molecule has 2 unspecified atom stereocenters. The molecule has 0 aliphatic carbocycles. The molecule has 2 saturated heterocycles. The fourth-order valence-electron chi connectivity index (χ4n) is 4.82. The lowest BCUT2D eigenvalue weighted by atomic mass is 10.0. The number of nitrogens with zero attached hydrogens (tertiary/aromatic N) is 3. The Kier molecular flexibility index (Phi) is 10.0. The standard InChI is InChI=1S/C29H33N5O7/c35-25-14-13-23(32-27(38)21-10-5-2-6-11-21)29(40)34-24(12-7-16-33(25)34)28(39)31-22(18-26(36)37)19-30-41-17-15-20-8-3-1-4-9-20/h1-6,8-11,19,22-24H,7,12-18H2,(H,31,39)(H,32,38)(H,36,37)/b30-19+/t22?,23?,24-/m0/s1. The van der Waals surface area contributed by atoms with Crippen molar-refractivity contribution in [3.63, 3.8) is 0 Å². The maximum Gasteiger partial charge on any atom is 0.305 e. The molecule has 0 bridgehead atoms. The number of hydrogen-bond donors (Lipinski definition) is 3. The molecule has 2 heterocycles. The Labute approximate surface area is 237 Å². The zero-order valence-electron chi connectivity index (χ0n) is 22.5. The van der Waals surface area contributed by atoms with E-state index in [1.54, 1.807) is 30.3 Å². The number of amides is 4. The van der Waals surface area contributed by atoms with Crippen LogP contribution in [0.15, 0.2) is 65.8 Å². The van der Waals surface area contributed by atoms with Crippen molar-refractivity contribution in [1.82, 2.24) is 20.7 Å². The minimum Gasteiger partial charge on any atom is -0.481 e. The summed E-state index contributed by atoms with van der Waals surface area (Å²) in [5, 5.41) is 20.9. The van der Waals surface area contributed by atoms with Gasteiger partial charge in [0.2, 0.25) is 11.8 Å². The second kappa shape index (κ2) is 14.1. The topological polar surface area (TPSA) is 158 Å². The van der Waals surface area contributed by atoms with Crippen LogP contribution in [-0.4, -0.2) is 82.2 Å². The van der Waals surface area contributed by atoms with Crippen molar-refractivity contribution in [2.45, 2.75) is 56.7 Å². The molecule has 2 aromatic rings. The predicted molar refractivity (Wildman–Crippen MR) is 147 cm³/mol. The summed E-state index contributed by atoms with van der Waals surface area (Å²) in [4.78, 5) is 69.4. The van der Waals surface area contributed by atoms with Crippen LogP contribution >= 0.6 is 0 Å². The van der Waals surface area contributed by atoms with Crippen LogP contribution in [0.1, 0.15) is 48.0 Å². The molecule has 3 atom stereocenters. The van der Waals surface area contributed by atoms with E-state index >= 15 is 0 Å². The van der Waals surface area contributed by atoms with Gasteiger partial charge < -0.3 is 20.6 Å². The van der Waals surface area contributed by atoms with E-state index < -0.39 is 48.2 Å². The van der Waals surface area contributed by atoms with Crippen molar-refractivity contribution >= 4 is 35.8 Å². The SMILES string of the molecule is O=C(O)CC(/C=N/OCCc1ccccc1)NC(=O)[C@@H]1CCCN2C(=O)CCC(NC(=O)c3ccccc3)C(=O)N12. The average Bonchev–Trinajstić information content (AvgIpc) is 3.09. The number of oxime groups is 1. The highest BCUT2D eigenvalue weighted by atomic mass is 16.6. The second-order valence-corrected chi connectivity index (χ2v) is 9.82. The molecular formula is C29H33N5O7. The number of hydrogen-bond acceptors (Lipinski definition) is 7. The van der Waals surface area contributed by atoms with Gasteiger partial charge in [0.05, 0.1) is 18.7 Å². The Morgan fingerprint density at radius 3 is 2.46 bits per heavy atom. The van der Waals surface area contributed by atoms with Crippen molar-refractivity contribution in [3.05, 3.63) is 71.8 Å². The molecule has 3 N–H and O–H groups in total. The Morgan fingerprint density at radius 2 is 1.76 bits per heavy atom. The second-order valence-electron chi connectivity index (χ2n) is 9.82. The summed E-state index contributed by atoms with van der Waals surface area (Å²) in [6, 6.07) is 14.9. The lowest BCUT2D eigenvalue weighted by Gasteiger charge is -2.43. The average molecular weight is 564 g/mol. The first-order valence-electron chi connectivity index (χ1n) is 13.5. The van der Waals surface area contributed by atoms with Crippen LogP contribution in [0.2, 0.25) is 0 Å². The molecule has 0 radical (unpaired) electrons. The lowest BCUT2D eigenvalue weighted by molar-refractivity contribution is -0.176. The summed E-state index contributed by atoms with van der Waals surface area (Å²) in [6.45, 7) is 0.509. The number of benzene rings is 2. The van der Waals surface area contributed by atoms with E-state index in [4.69, 9.17) is 4.84 Å². The van der Waals surface area contributed by atoms with Gasteiger partial charge in [-0.3, -0.25) is 29.0 Å². The summed E-state index contributed by atoms with van der Waals surface area (Å²) < 4.78 is 0. The van der Waals surface area contributed by atoms with Gasteiger partial charge in [0.15, 0.2) is 0 Å². The zero-order chi connectivity index (χ0) is 29.2. The molecule has 2 aliphatic rings. The first kappa shape index (κ1) is 29.2. The summed E-state index contributed by atoms with van der Waals surface area (Å²) in [5.41, 5.74) is 1.41. The molecule has 216 valence electrons. The van der Waals surface area contributed by atoms with E-state index in [-0.39, 0.29) is 38.3 Å². The van der Waals surface area contributed by atoms with Gasteiger partial charge >= 0.3 is 5.97 Å². The summed E-state index contributed by atoms with van der Waals surface area (Å²) >= 11 is 0. The number of aliphatic carboxylic acids is 1. The number of nitrogens with one attached hydrogen (secondary N) is 2. The van der Waals surface area contributed by atoms with Crippen LogP contribution in [-0.2, 0) is 30.4 Å². The highest BCUT2D eigenvalue weighted by Gasteiger charge is 2.44. The zero-order valence-corrected chi connectivity index (χ0v) is 22.5. The van der Waals surface area contributed by atoms with Gasteiger partial charge in [-0.15, -0.1) is 0 Å². The highest BCUT2D eigenvalue weighted by Crippen LogP contribution is 2.25. The van der Waals surface area contributed by atoms with Crippen LogP contribution in [0.3, 0.4) is 0 Å². The predicted octanol–water partition coefficient (Wildman–Crippen LogP) is 1.52. The van der Waals surface area contributed by atoms with E-state index in [1.165, 1.54) is 11.2 Å². The van der Waals surface area contributed by atoms with Gasteiger partial charge in [-0.1, -0.05) is 53.7 Å². The number of hydrazine groups is 1. The van der Waals surface area contributed by atoms with Crippen molar-refractivity contribution < 1.29 is 33.9 Å². The van der Waals surface area contributed by atoms with Crippen LogP contribution in [0.5, 0.6) is 0 Å². The Bertz CT molecular complexity index is 1270. The van der Waals surface area contributed by atoms with Crippen LogP contribution < -0.4 is 10.6 Å². The summed E-state index contributed by atoms with van der Waals surface area (Å²) in [6.07, 6.45) is 2.17. The molecule has 2 aromatic carbocycles. The molecule has 0 saturated carbocycles. The number of fused-ring (bicyclic) bond motifs is 1. The third kappa shape index (κ3) is 7.90. The molecule has 41 heavy (non-hydrogen) atoms. The van der Waals surface area contributed by atoms with Crippen molar-refractivity contribution in [2.24, 2.45) is 5.16 Å². The number of rotatable bonds is 11. The molecular weight excluding hydrogens is 530 g/mol. The maximum atomic E-state index is 13.6. The largest absolute Gasteiger partial charge is 0.481 e. The molecule has 4 amide bonds. The normalized spacial score (nSPS) is 19.7. The van der Waals surface area contributed by atoms with Crippen molar-refractivity contribution in [3.8, 4) is 0 Å². The highest BCUT2D eigenvalue weighted by molar-refractivity contribution is 6.00. The van der Waals surface area contributed by atoms with Gasteiger partial charge in [-0.05, 0) is 37.0 Å². The van der Waals surface area contributed by atoms with E-state index in [2.05, 4.69) is 15.8 Å². The molecule has 2 aliphatic heterocycles. The van der Waals surface area contributed by atoms with Crippen LogP contribution in [0, 0.1) is 0 Å².